The van der Waals surface area contributed by atoms with E-state index in [9.17, 15) is 5.11 Å². The van der Waals surface area contributed by atoms with Crippen LogP contribution < -0.4 is 4.74 Å². The summed E-state index contributed by atoms with van der Waals surface area (Å²) in [5.74, 6) is 0.581. The molecule has 0 amide bonds. The monoisotopic (exact) mass is 226 g/mol. The van der Waals surface area contributed by atoms with Crippen LogP contribution in [0.4, 0.5) is 0 Å². The van der Waals surface area contributed by atoms with Crippen LogP contribution in [0.5, 0.6) is 5.88 Å². The number of nitrogens with zero attached hydrogens (tertiary/aromatic N) is 2. The molecule has 0 saturated heterocycles. The molecular weight excluding hydrogens is 208 g/mol. The van der Waals surface area contributed by atoms with E-state index in [-0.39, 0.29) is 0 Å². The van der Waals surface area contributed by atoms with Crippen molar-refractivity contribution in [1.29, 1.82) is 0 Å². The predicted molar refractivity (Wildman–Crippen MR) is 59.5 cm³/mol. The molecule has 0 bridgehead atoms. The van der Waals surface area contributed by atoms with Crippen molar-refractivity contribution in [3.8, 4) is 5.88 Å². The molecule has 1 N–H and O–H groups in total. The molecule has 90 valence electrons. The van der Waals surface area contributed by atoms with Crippen molar-refractivity contribution in [2.75, 3.05) is 20.3 Å². The second-order valence-electron chi connectivity index (χ2n) is 3.50. The number of hydrogen-bond acceptors (Lipinski definition) is 5. The summed E-state index contributed by atoms with van der Waals surface area (Å²) in [4.78, 5) is 8.17. The quantitative estimate of drug-likeness (QED) is 0.774. The number of methoxy groups -OCH3 is 1. The third kappa shape index (κ3) is 3.43. The lowest BCUT2D eigenvalue weighted by molar-refractivity contribution is 0.0642. The van der Waals surface area contributed by atoms with Crippen molar-refractivity contribution in [2.24, 2.45) is 0 Å². The first-order valence-corrected chi connectivity index (χ1v) is 5.29. The molecule has 0 aliphatic rings. The second-order valence-corrected chi connectivity index (χ2v) is 3.50. The van der Waals surface area contributed by atoms with Gasteiger partial charge in [-0.25, -0.2) is 9.97 Å². The van der Waals surface area contributed by atoms with Crippen molar-refractivity contribution in [3.63, 3.8) is 0 Å². The minimum absolute atomic E-state index is 0.299. The summed E-state index contributed by atoms with van der Waals surface area (Å²) in [5.41, 5.74) is 1.67. The fourth-order valence-electron chi connectivity index (χ4n) is 1.43. The van der Waals surface area contributed by atoms with Crippen molar-refractivity contribution in [3.05, 3.63) is 17.6 Å². The molecule has 0 aliphatic heterocycles. The van der Waals surface area contributed by atoms with Gasteiger partial charge in [0.2, 0.25) is 5.88 Å². The largest absolute Gasteiger partial charge is 0.478 e. The molecule has 1 aromatic rings. The SMILES string of the molecule is CCOc1ncnc(CC(O)COC)c1C. The Morgan fingerprint density at radius 2 is 2.19 bits per heavy atom. The van der Waals surface area contributed by atoms with Crippen molar-refractivity contribution in [2.45, 2.75) is 26.4 Å². The average Bonchev–Trinajstić information content (AvgIpc) is 2.24. The number of aromatic nitrogens is 2. The van der Waals surface area contributed by atoms with Gasteiger partial charge in [0.05, 0.1) is 25.0 Å². The minimum Gasteiger partial charge on any atom is -0.478 e. The fourth-order valence-corrected chi connectivity index (χ4v) is 1.43. The first-order chi connectivity index (χ1) is 7.69. The topological polar surface area (TPSA) is 64.5 Å². The third-order valence-corrected chi connectivity index (χ3v) is 2.21. The number of rotatable bonds is 6. The van der Waals surface area contributed by atoms with Crippen LogP contribution in [-0.4, -0.2) is 41.5 Å². The van der Waals surface area contributed by atoms with Crippen LogP contribution in [0.15, 0.2) is 6.33 Å². The summed E-state index contributed by atoms with van der Waals surface area (Å²) in [6, 6.07) is 0. The van der Waals surface area contributed by atoms with Crippen LogP contribution in [-0.2, 0) is 11.2 Å². The normalized spacial score (nSPS) is 12.5. The molecule has 1 heterocycles. The highest BCUT2D eigenvalue weighted by atomic mass is 16.5. The van der Waals surface area contributed by atoms with Gasteiger partial charge in [0.15, 0.2) is 0 Å². The van der Waals surface area contributed by atoms with Crippen LogP contribution >= 0.6 is 0 Å². The lowest BCUT2D eigenvalue weighted by Gasteiger charge is -2.12. The molecule has 5 nitrogen and oxygen atoms in total. The van der Waals surface area contributed by atoms with Crippen molar-refractivity contribution < 1.29 is 14.6 Å². The molecule has 5 heteroatoms. The average molecular weight is 226 g/mol. The van der Waals surface area contributed by atoms with E-state index in [1.807, 2.05) is 13.8 Å². The molecule has 0 aromatic carbocycles. The van der Waals surface area contributed by atoms with Crippen LogP contribution in [0.25, 0.3) is 0 Å². The van der Waals surface area contributed by atoms with E-state index in [0.29, 0.717) is 25.5 Å². The second kappa shape index (κ2) is 6.40. The van der Waals surface area contributed by atoms with E-state index in [1.54, 1.807) is 7.11 Å². The predicted octanol–water partition coefficient (Wildman–Crippen LogP) is 0.734. The number of aliphatic hydroxyl groups is 1. The molecule has 0 spiro atoms. The zero-order valence-corrected chi connectivity index (χ0v) is 9.93. The summed E-state index contributed by atoms with van der Waals surface area (Å²) >= 11 is 0. The Kier molecular flexibility index (Phi) is 5.14. The van der Waals surface area contributed by atoms with Gasteiger partial charge in [0, 0.05) is 19.1 Å². The summed E-state index contributed by atoms with van der Waals surface area (Å²) in [6.45, 7) is 4.66. The molecule has 0 aliphatic carbocycles. The van der Waals surface area contributed by atoms with E-state index in [0.717, 1.165) is 11.3 Å². The Bertz CT molecular complexity index is 331. The highest BCUT2D eigenvalue weighted by Gasteiger charge is 2.12. The maximum Gasteiger partial charge on any atom is 0.219 e. The molecule has 1 unspecified atom stereocenters. The molecule has 1 rings (SSSR count). The minimum atomic E-state index is -0.548. The lowest BCUT2D eigenvalue weighted by atomic mass is 10.1. The van der Waals surface area contributed by atoms with E-state index in [4.69, 9.17) is 9.47 Å². The summed E-state index contributed by atoms with van der Waals surface area (Å²) in [7, 11) is 1.56. The van der Waals surface area contributed by atoms with E-state index < -0.39 is 6.10 Å². The highest BCUT2D eigenvalue weighted by Crippen LogP contribution is 2.17. The van der Waals surface area contributed by atoms with Crippen LogP contribution in [0.2, 0.25) is 0 Å². The zero-order chi connectivity index (χ0) is 12.0. The highest BCUT2D eigenvalue weighted by molar-refractivity contribution is 5.28. The van der Waals surface area contributed by atoms with E-state index in [2.05, 4.69) is 9.97 Å². The molecule has 0 saturated carbocycles. The van der Waals surface area contributed by atoms with Gasteiger partial charge >= 0.3 is 0 Å². The Hall–Kier alpha value is -1.20. The Balaban J connectivity index is 2.76. The summed E-state index contributed by atoms with van der Waals surface area (Å²) < 4.78 is 10.2. The number of aliphatic hydroxyl groups excluding tert-OH is 1. The number of hydrogen-bond donors (Lipinski definition) is 1. The summed E-state index contributed by atoms with van der Waals surface area (Å²) in [5, 5.41) is 9.62. The molecular formula is C11H18N2O3. The van der Waals surface area contributed by atoms with Crippen LogP contribution in [0.3, 0.4) is 0 Å². The smallest absolute Gasteiger partial charge is 0.219 e. The van der Waals surface area contributed by atoms with Gasteiger partial charge in [0.25, 0.3) is 0 Å². The maximum absolute atomic E-state index is 9.62. The van der Waals surface area contributed by atoms with E-state index >= 15 is 0 Å². The van der Waals surface area contributed by atoms with Crippen LogP contribution in [0.1, 0.15) is 18.2 Å². The van der Waals surface area contributed by atoms with Gasteiger partial charge in [-0.15, -0.1) is 0 Å². The maximum atomic E-state index is 9.62. The van der Waals surface area contributed by atoms with E-state index in [1.165, 1.54) is 6.33 Å². The van der Waals surface area contributed by atoms with Gasteiger partial charge in [0.1, 0.15) is 6.33 Å². The first kappa shape index (κ1) is 12.9. The van der Waals surface area contributed by atoms with Gasteiger partial charge in [-0.05, 0) is 13.8 Å². The summed E-state index contributed by atoms with van der Waals surface area (Å²) in [6.07, 6.45) is 1.35. The van der Waals surface area contributed by atoms with Gasteiger partial charge in [-0.1, -0.05) is 0 Å². The van der Waals surface area contributed by atoms with Gasteiger partial charge < -0.3 is 14.6 Å². The Labute approximate surface area is 95.4 Å². The molecule has 0 fully saturated rings. The van der Waals surface area contributed by atoms with Crippen molar-refractivity contribution >= 4 is 0 Å². The van der Waals surface area contributed by atoms with Crippen LogP contribution in [0, 0.1) is 6.92 Å². The zero-order valence-electron chi connectivity index (χ0n) is 9.93. The lowest BCUT2D eigenvalue weighted by Crippen LogP contribution is -2.18. The van der Waals surface area contributed by atoms with Gasteiger partial charge in [-0.2, -0.15) is 0 Å². The standard InChI is InChI=1S/C11H18N2O3/c1-4-16-11-8(2)10(12-7-13-11)5-9(14)6-15-3/h7,9,14H,4-6H2,1-3H3. The number of ether oxygens (including phenoxy) is 2. The molecule has 1 atom stereocenters. The Morgan fingerprint density at radius 1 is 1.44 bits per heavy atom. The molecule has 1 aromatic heterocycles. The van der Waals surface area contributed by atoms with Gasteiger partial charge in [-0.3, -0.25) is 0 Å². The fraction of sp³-hybridized carbons (Fsp3) is 0.636. The molecule has 0 radical (unpaired) electrons. The van der Waals surface area contributed by atoms with Crippen molar-refractivity contribution in [1.82, 2.24) is 9.97 Å². The molecule has 16 heavy (non-hydrogen) atoms. The Morgan fingerprint density at radius 3 is 2.81 bits per heavy atom. The first-order valence-electron chi connectivity index (χ1n) is 5.29. The third-order valence-electron chi connectivity index (χ3n) is 2.21.